The minimum Gasteiger partial charge on any atom is -0.379 e. The summed E-state index contributed by atoms with van der Waals surface area (Å²) in [5.74, 6) is 0. The number of hydrogen-bond donors (Lipinski definition) is 3. The second kappa shape index (κ2) is 7.09. The maximum absolute atomic E-state index is 11.2. The Morgan fingerprint density at radius 3 is 2.30 bits per heavy atom. The van der Waals surface area contributed by atoms with Crippen LogP contribution < -0.4 is 5.73 Å². The Bertz CT molecular complexity index is 1090. The van der Waals surface area contributed by atoms with E-state index in [1.807, 2.05) is 36.5 Å². The van der Waals surface area contributed by atoms with E-state index >= 15 is 0 Å². The van der Waals surface area contributed by atoms with Crippen molar-refractivity contribution in [3.63, 3.8) is 0 Å². The largest absolute Gasteiger partial charge is 0.379 e. The van der Waals surface area contributed by atoms with E-state index in [0.717, 1.165) is 32.2 Å². The molecule has 0 aliphatic carbocycles. The lowest BCUT2D eigenvalue weighted by Gasteiger charge is -2.28. The first kappa shape index (κ1) is 18.2. The van der Waals surface area contributed by atoms with E-state index in [-0.39, 0.29) is 6.54 Å². The highest BCUT2D eigenvalue weighted by Gasteiger charge is 2.30. The van der Waals surface area contributed by atoms with Crippen molar-refractivity contribution in [3.05, 3.63) is 87.6 Å². The summed E-state index contributed by atoms with van der Waals surface area (Å²) < 4.78 is 0.962. The number of pyridine rings is 1. The molecule has 0 bridgehead atoms. The Labute approximate surface area is 170 Å². The van der Waals surface area contributed by atoms with Crippen molar-refractivity contribution in [1.82, 2.24) is 9.97 Å². The van der Waals surface area contributed by atoms with Crippen molar-refractivity contribution in [1.29, 1.82) is 0 Å². The summed E-state index contributed by atoms with van der Waals surface area (Å²) in [7, 11) is 0. The maximum Gasteiger partial charge on any atom is 0.139 e. The van der Waals surface area contributed by atoms with Crippen molar-refractivity contribution in [2.24, 2.45) is 5.73 Å². The topological polar surface area (TPSA) is 74.9 Å². The van der Waals surface area contributed by atoms with Gasteiger partial charge in [-0.2, -0.15) is 0 Å². The van der Waals surface area contributed by atoms with Gasteiger partial charge in [-0.05, 0) is 56.4 Å². The second-order valence-corrected chi connectivity index (χ2v) is 7.66. The fourth-order valence-electron chi connectivity index (χ4n) is 3.31. The lowest BCUT2D eigenvalue weighted by molar-refractivity contribution is 0.0902. The van der Waals surface area contributed by atoms with E-state index in [0.29, 0.717) is 10.6 Å². The number of aromatic amines is 1. The number of aliphatic hydroxyl groups is 1. The van der Waals surface area contributed by atoms with Gasteiger partial charge in [0.1, 0.15) is 11.2 Å². The smallest absolute Gasteiger partial charge is 0.139 e. The molecule has 0 aliphatic heterocycles. The van der Waals surface area contributed by atoms with Gasteiger partial charge in [0, 0.05) is 33.8 Å². The molecule has 4 rings (SSSR count). The van der Waals surface area contributed by atoms with Crippen LogP contribution in [0, 0.1) is 0 Å². The van der Waals surface area contributed by atoms with Crippen LogP contribution in [-0.2, 0) is 5.60 Å². The molecule has 4 nitrogen and oxygen atoms in total. The zero-order chi connectivity index (χ0) is 19.0. The van der Waals surface area contributed by atoms with E-state index in [1.54, 1.807) is 30.5 Å². The van der Waals surface area contributed by atoms with Crippen LogP contribution in [0.4, 0.5) is 0 Å². The summed E-state index contributed by atoms with van der Waals surface area (Å²) in [5.41, 5.74) is 9.02. The Morgan fingerprint density at radius 1 is 1.04 bits per heavy atom. The van der Waals surface area contributed by atoms with E-state index in [2.05, 4.69) is 25.9 Å². The molecule has 4 aromatic rings. The number of halogens is 2. The van der Waals surface area contributed by atoms with Gasteiger partial charge in [-0.3, -0.25) is 0 Å². The number of nitrogens with two attached hydrogens (primary N) is 1. The monoisotopic (exact) mass is 441 g/mol. The molecule has 0 radical (unpaired) electrons. The van der Waals surface area contributed by atoms with Crippen LogP contribution in [0.2, 0.25) is 5.02 Å². The van der Waals surface area contributed by atoms with Crippen LogP contribution in [0.1, 0.15) is 11.1 Å². The van der Waals surface area contributed by atoms with Crippen molar-refractivity contribution in [2.45, 2.75) is 5.60 Å². The summed E-state index contributed by atoms with van der Waals surface area (Å²) >= 11 is 9.54. The summed E-state index contributed by atoms with van der Waals surface area (Å²) in [5, 5.41) is 12.9. The molecule has 27 heavy (non-hydrogen) atoms. The van der Waals surface area contributed by atoms with Gasteiger partial charge in [-0.15, -0.1) is 0 Å². The van der Waals surface area contributed by atoms with Crippen molar-refractivity contribution < 1.29 is 5.11 Å². The van der Waals surface area contributed by atoms with Gasteiger partial charge in [-0.1, -0.05) is 48.0 Å². The fraction of sp³-hybridized carbons (Fsp3) is 0.0952. The van der Waals surface area contributed by atoms with Gasteiger partial charge in [0.15, 0.2) is 0 Å². The molecular weight excluding hydrogens is 426 g/mol. The van der Waals surface area contributed by atoms with E-state index < -0.39 is 5.60 Å². The number of rotatable bonds is 4. The third kappa shape index (κ3) is 3.17. The first-order valence-electron chi connectivity index (χ1n) is 8.44. The third-order valence-corrected chi connectivity index (χ3v) is 5.69. The Balaban J connectivity index is 1.77. The average Bonchev–Trinajstić information content (AvgIpc) is 3.09. The molecule has 4 N–H and O–H groups in total. The van der Waals surface area contributed by atoms with Gasteiger partial charge in [-0.25, -0.2) is 4.98 Å². The summed E-state index contributed by atoms with van der Waals surface area (Å²) in [6, 6.07) is 16.9. The zero-order valence-corrected chi connectivity index (χ0v) is 16.6. The average molecular weight is 443 g/mol. The highest BCUT2D eigenvalue weighted by molar-refractivity contribution is 9.10. The number of nitrogens with one attached hydrogen (secondary N) is 1. The van der Waals surface area contributed by atoms with Gasteiger partial charge in [0.25, 0.3) is 0 Å². The molecule has 0 saturated carbocycles. The Hall–Kier alpha value is -2.18. The van der Waals surface area contributed by atoms with Gasteiger partial charge < -0.3 is 15.8 Å². The van der Waals surface area contributed by atoms with Crippen LogP contribution in [0.5, 0.6) is 0 Å². The number of fused-ring (bicyclic) bond motifs is 1. The molecule has 0 spiro atoms. The van der Waals surface area contributed by atoms with Crippen LogP contribution in [0.3, 0.4) is 0 Å². The maximum atomic E-state index is 11.2. The molecule has 6 heteroatoms. The summed E-state index contributed by atoms with van der Waals surface area (Å²) in [6.45, 7) is 0.0663. The molecular formula is C21H17BrClN3O. The normalized spacial score (nSPS) is 13.6. The predicted octanol–water partition coefficient (Wildman–Crippen LogP) is 4.84. The Morgan fingerprint density at radius 2 is 1.67 bits per heavy atom. The van der Waals surface area contributed by atoms with Crippen LogP contribution >= 0.6 is 27.5 Å². The minimum absolute atomic E-state index is 0.0663. The Kier molecular flexibility index (Phi) is 4.78. The van der Waals surface area contributed by atoms with Gasteiger partial charge in [0.05, 0.1) is 0 Å². The molecule has 2 aromatic heterocycles. The number of hydrogen-bond acceptors (Lipinski definition) is 3. The standard InChI is InChI=1S/C21H17BrClN3O/c22-18-11-26-20-19(18)17(9-10-25-20)13-1-3-14(4-2-13)21(27,12-24)15-5-7-16(23)8-6-15/h1-11,27H,12,24H2,(H,25,26). The first-order valence-corrected chi connectivity index (χ1v) is 9.61. The molecule has 0 amide bonds. The molecule has 0 aliphatic rings. The highest BCUT2D eigenvalue weighted by atomic mass is 79.9. The van der Waals surface area contributed by atoms with E-state index in [1.165, 1.54) is 0 Å². The van der Waals surface area contributed by atoms with Gasteiger partial charge in [0.2, 0.25) is 0 Å². The summed E-state index contributed by atoms with van der Waals surface area (Å²) in [4.78, 5) is 7.50. The van der Waals surface area contributed by atoms with Crippen LogP contribution in [0.15, 0.2) is 71.5 Å². The molecule has 136 valence electrons. The molecule has 0 saturated heterocycles. The minimum atomic E-state index is -1.27. The van der Waals surface area contributed by atoms with Crippen molar-refractivity contribution in [2.75, 3.05) is 6.54 Å². The first-order chi connectivity index (χ1) is 13.0. The fourth-order valence-corrected chi connectivity index (χ4v) is 3.95. The molecule has 1 unspecified atom stereocenters. The van der Waals surface area contributed by atoms with E-state index in [9.17, 15) is 5.11 Å². The lowest BCUT2D eigenvalue weighted by atomic mass is 9.85. The zero-order valence-electron chi connectivity index (χ0n) is 14.3. The SMILES string of the molecule is NCC(O)(c1ccc(Cl)cc1)c1ccc(-c2ccnc3[nH]cc(Br)c23)cc1. The second-order valence-electron chi connectivity index (χ2n) is 6.37. The predicted molar refractivity (Wildman–Crippen MR) is 113 cm³/mol. The third-order valence-electron chi connectivity index (χ3n) is 4.82. The molecule has 2 heterocycles. The number of benzene rings is 2. The highest BCUT2D eigenvalue weighted by Crippen LogP contribution is 2.35. The summed E-state index contributed by atoms with van der Waals surface area (Å²) in [6.07, 6.45) is 3.65. The van der Waals surface area contributed by atoms with Crippen LogP contribution in [-0.4, -0.2) is 21.6 Å². The van der Waals surface area contributed by atoms with E-state index in [4.69, 9.17) is 17.3 Å². The lowest BCUT2D eigenvalue weighted by Crippen LogP contribution is -2.36. The quantitative estimate of drug-likeness (QED) is 0.423. The van der Waals surface area contributed by atoms with Crippen LogP contribution in [0.25, 0.3) is 22.2 Å². The number of nitrogens with zero attached hydrogens (tertiary/aromatic N) is 1. The van der Waals surface area contributed by atoms with Crippen molar-refractivity contribution in [3.8, 4) is 11.1 Å². The van der Waals surface area contributed by atoms with Gasteiger partial charge >= 0.3 is 0 Å². The number of H-pyrrole nitrogens is 1. The molecule has 0 fully saturated rings. The molecule has 2 aromatic carbocycles. The molecule has 1 atom stereocenters. The number of aromatic nitrogens is 2. The van der Waals surface area contributed by atoms with Crippen molar-refractivity contribution >= 4 is 38.6 Å².